The summed E-state index contributed by atoms with van der Waals surface area (Å²) < 4.78 is 1.82. The van der Waals surface area contributed by atoms with Gasteiger partial charge in [0, 0.05) is 23.8 Å². The SMILES string of the molecule is Cn1c(CNc2cc(C#N)nc3ccccc23)cc(Cl)c1Cl. The lowest BCUT2D eigenvalue weighted by molar-refractivity contribution is 0.843. The van der Waals surface area contributed by atoms with Crippen molar-refractivity contribution >= 4 is 39.8 Å². The van der Waals surface area contributed by atoms with Gasteiger partial charge in [-0.05, 0) is 18.2 Å². The van der Waals surface area contributed by atoms with Crippen LogP contribution in [0, 0.1) is 11.3 Å². The van der Waals surface area contributed by atoms with Crippen molar-refractivity contribution in [3.8, 4) is 6.07 Å². The molecule has 0 aliphatic rings. The lowest BCUT2D eigenvalue weighted by Gasteiger charge is -2.11. The van der Waals surface area contributed by atoms with Crippen LogP contribution in [-0.2, 0) is 13.6 Å². The number of halogens is 2. The van der Waals surface area contributed by atoms with Gasteiger partial charge in [-0.3, -0.25) is 0 Å². The highest BCUT2D eigenvalue weighted by Gasteiger charge is 2.10. The van der Waals surface area contributed by atoms with Gasteiger partial charge in [-0.2, -0.15) is 5.26 Å². The van der Waals surface area contributed by atoms with E-state index in [2.05, 4.69) is 16.4 Å². The van der Waals surface area contributed by atoms with Crippen molar-refractivity contribution in [1.29, 1.82) is 5.26 Å². The number of hydrogen-bond acceptors (Lipinski definition) is 3. The summed E-state index contributed by atoms with van der Waals surface area (Å²) in [4.78, 5) is 4.30. The molecule has 3 rings (SSSR count). The van der Waals surface area contributed by atoms with Crippen molar-refractivity contribution in [2.24, 2.45) is 7.05 Å². The molecule has 0 unspecified atom stereocenters. The van der Waals surface area contributed by atoms with Crippen LogP contribution in [0.25, 0.3) is 10.9 Å². The molecule has 0 aliphatic carbocycles. The number of hydrogen-bond donors (Lipinski definition) is 1. The number of para-hydroxylation sites is 1. The molecule has 0 amide bonds. The number of fused-ring (bicyclic) bond motifs is 1. The number of aromatic nitrogens is 2. The lowest BCUT2D eigenvalue weighted by Crippen LogP contribution is -2.05. The van der Waals surface area contributed by atoms with E-state index in [0.717, 1.165) is 22.3 Å². The number of pyridine rings is 1. The summed E-state index contributed by atoms with van der Waals surface area (Å²) in [5, 5.41) is 14.4. The molecule has 22 heavy (non-hydrogen) atoms. The molecule has 4 nitrogen and oxygen atoms in total. The van der Waals surface area contributed by atoms with Gasteiger partial charge in [-0.15, -0.1) is 0 Å². The average Bonchev–Trinajstić information content (AvgIpc) is 2.79. The highest BCUT2D eigenvalue weighted by molar-refractivity contribution is 6.41. The summed E-state index contributed by atoms with van der Waals surface area (Å²) in [6.07, 6.45) is 0. The average molecular weight is 331 g/mol. The van der Waals surface area contributed by atoms with Crippen LogP contribution in [0.4, 0.5) is 5.69 Å². The van der Waals surface area contributed by atoms with E-state index < -0.39 is 0 Å². The van der Waals surface area contributed by atoms with E-state index in [-0.39, 0.29) is 0 Å². The van der Waals surface area contributed by atoms with Crippen LogP contribution in [0.5, 0.6) is 0 Å². The number of nitrogens with one attached hydrogen (secondary N) is 1. The van der Waals surface area contributed by atoms with Gasteiger partial charge in [-0.25, -0.2) is 4.98 Å². The third-order valence-corrected chi connectivity index (χ3v) is 4.35. The summed E-state index contributed by atoms with van der Waals surface area (Å²) in [6, 6.07) is 13.4. The Morgan fingerprint density at radius 2 is 2.05 bits per heavy atom. The Morgan fingerprint density at radius 1 is 1.27 bits per heavy atom. The zero-order valence-corrected chi connectivity index (χ0v) is 13.3. The maximum absolute atomic E-state index is 9.11. The quantitative estimate of drug-likeness (QED) is 0.776. The molecule has 3 aromatic rings. The molecular weight excluding hydrogens is 319 g/mol. The fourth-order valence-electron chi connectivity index (χ4n) is 2.32. The predicted molar refractivity (Wildman–Crippen MR) is 89.2 cm³/mol. The van der Waals surface area contributed by atoms with E-state index in [0.29, 0.717) is 22.4 Å². The molecule has 0 spiro atoms. The van der Waals surface area contributed by atoms with Gasteiger partial charge in [0.2, 0.25) is 0 Å². The molecule has 110 valence electrons. The van der Waals surface area contributed by atoms with Crippen LogP contribution < -0.4 is 5.32 Å². The lowest BCUT2D eigenvalue weighted by atomic mass is 10.1. The minimum absolute atomic E-state index is 0.379. The van der Waals surface area contributed by atoms with Crippen molar-refractivity contribution in [3.05, 3.63) is 58.0 Å². The summed E-state index contributed by atoms with van der Waals surface area (Å²) >= 11 is 12.1. The van der Waals surface area contributed by atoms with E-state index in [1.165, 1.54) is 0 Å². The van der Waals surface area contributed by atoms with Gasteiger partial charge in [0.1, 0.15) is 16.9 Å². The van der Waals surface area contributed by atoms with Crippen LogP contribution in [0.2, 0.25) is 10.2 Å². The first-order valence-corrected chi connectivity index (χ1v) is 7.39. The normalized spacial score (nSPS) is 10.6. The Balaban J connectivity index is 1.96. The first-order valence-electron chi connectivity index (χ1n) is 6.63. The molecular formula is C16H12Cl2N4. The van der Waals surface area contributed by atoms with E-state index in [1.54, 1.807) is 6.07 Å². The van der Waals surface area contributed by atoms with Crippen molar-refractivity contribution in [1.82, 2.24) is 9.55 Å². The second-order valence-electron chi connectivity index (χ2n) is 4.87. The minimum Gasteiger partial charge on any atom is -0.379 e. The van der Waals surface area contributed by atoms with Gasteiger partial charge >= 0.3 is 0 Å². The summed E-state index contributed by atoms with van der Waals surface area (Å²) in [6.45, 7) is 0.543. The molecule has 2 aromatic heterocycles. The first-order chi connectivity index (χ1) is 10.6. The van der Waals surface area contributed by atoms with Gasteiger partial charge < -0.3 is 9.88 Å². The van der Waals surface area contributed by atoms with Crippen LogP contribution in [0.3, 0.4) is 0 Å². The summed E-state index contributed by atoms with van der Waals surface area (Å²) in [5.74, 6) is 0. The summed E-state index contributed by atoms with van der Waals surface area (Å²) in [7, 11) is 1.86. The highest BCUT2D eigenvalue weighted by atomic mass is 35.5. The molecule has 1 N–H and O–H groups in total. The van der Waals surface area contributed by atoms with E-state index >= 15 is 0 Å². The van der Waals surface area contributed by atoms with E-state index in [9.17, 15) is 0 Å². The van der Waals surface area contributed by atoms with Crippen molar-refractivity contribution in [2.45, 2.75) is 6.54 Å². The van der Waals surface area contributed by atoms with Crippen molar-refractivity contribution < 1.29 is 0 Å². The molecule has 0 fully saturated rings. The molecule has 0 radical (unpaired) electrons. The first kappa shape index (κ1) is 14.7. The van der Waals surface area contributed by atoms with E-state index in [4.69, 9.17) is 28.5 Å². The molecule has 0 aliphatic heterocycles. The molecule has 2 heterocycles. The monoisotopic (exact) mass is 330 g/mol. The van der Waals surface area contributed by atoms with Crippen LogP contribution >= 0.6 is 23.2 Å². The Kier molecular flexibility index (Phi) is 3.93. The van der Waals surface area contributed by atoms with Crippen LogP contribution in [0.15, 0.2) is 36.4 Å². The number of anilines is 1. The molecule has 0 saturated carbocycles. The van der Waals surface area contributed by atoms with Gasteiger partial charge in [-0.1, -0.05) is 41.4 Å². The maximum Gasteiger partial charge on any atom is 0.143 e. The smallest absolute Gasteiger partial charge is 0.143 e. The van der Waals surface area contributed by atoms with Crippen LogP contribution in [-0.4, -0.2) is 9.55 Å². The highest BCUT2D eigenvalue weighted by Crippen LogP contribution is 2.27. The fourth-order valence-corrected chi connectivity index (χ4v) is 2.74. The molecule has 6 heteroatoms. The Bertz CT molecular complexity index is 893. The fraction of sp³-hybridized carbons (Fsp3) is 0.125. The predicted octanol–water partition coefficient (Wildman–Crippen LogP) is 4.36. The zero-order valence-electron chi connectivity index (χ0n) is 11.8. The third-order valence-electron chi connectivity index (χ3n) is 3.51. The molecule has 0 bridgehead atoms. The second kappa shape index (κ2) is 5.88. The second-order valence-corrected chi connectivity index (χ2v) is 5.64. The topological polar surface area (TPSA) is 53.6 Å². The number of nitriles is 1. The van der Waals surface area contributed by atoms with Crippen molar-refractivity contribution in [2.75, 3.05) is 5.32 Å². The Labute approximate surface area is 137 Å². The molecule has 0 saturated heterocycles. The van der Waals surface area contributed by atoms with E-state index in [1.807, 2.05) is 41.9 Å². The largest absolute Gasteiger partial charge is 0.379 e. The molecule has 0 atom stereocenters. The number of rotatable bonds is 3. The van der Waals surface area contributed by atoms with Gasteiger partial charge in [0.25, 0.3) is 0 Å². The van der Waals surface area contributed by atoms with Gasteiger partial charge in [0.15, 0.2) is 0 Å². The maximum atomic E-state index is 9.11. The number of nitrogens with zero attached hydrogens (tertiary/aromatic N) is 3. The molecule has 1 aromatic carbocycles. The van der Waals surface area contributed by atoms with Gasteiger partial charge in [0.05, 0.1) is 17.1 Å². The number of benzene rings is 1. The Hall–Kier alpha value is -2.22. The zero-order chi connectivity index (χ0) is 15.7. The Morgan fingerprint density at radius 3 is 2.73 bits per heavy atom. The third kappa shape index (κ3) is 2.61. The van der Waals surface area contributed by atoms with Crippen molar-refractivity contribution in [3.63, 3.8) is 0 Å². The minimum atomic E-state index is 0.379. The summed E-state index contributed by atoms with van der Waals surface area (Å²) in [5.41, 5.74) is 2.97. The van der Waals surface area contributed by atoms with Crippen LogP contribution in [0.1, 0.15) is 11.4 Å². The standard InChI is InChI=1S/C16H12Cl2N4/c1-22-11(7-13(17)16(22)18)9-20-15-6-10(8-19)21-14-5-3-2-4-12(14)15/h2-7H,9H2,1H3,(H,20,21).